The van der Waals surface area contributed by atoms with Crippen LogP contribution < -0.4 is 0 Å². The van der Waals surface area contributed by atoms with E-state index in [9.17, 15) is 0 Å². The van der Waals surface area contributed by atoms with Crippen LogP contribution in [0.25, 0.3) is 0 Å². The molecule has 1 unspecified atom stereocenters. The van der Waals surface area contributed by atoms with E-state index in [-0.39, 0.29) is 77.3 Å². The summed E-state index contributed by atoms with van der Waals surface area (Å²) in [4.78, 5) is 0. The normalized spacial score (nSPS) is 0. The Labute approximate surface area is 76.6 Å². The topological polar surface area (TPSA) is 0 Å². The fraction of sp³-hybridized carbons (Fsp3) is 0. The van der Waals surface area contributed by atoms with Crippen molar-refractivity contribution in [3.05, 3.63) is 0 Å². The number of hydrogen-bond acceptors (Lipinski definition) is 0. The van der Waals surface area contributed by atoms with Gasteiger partial charge in [-0.05, 0) is 0 Å². The van der Waals surface area contributed by atoms with Crippen molar-refractivity contribution < 1.29 is 17.1 Å². The first-order valence-corrected chi connectivity index (χ1v) is 0. The Morgan fingerprint density at radius 2 is 1.00 bits per heavy atom. The molecule has 0 N–H and O–H groups in total. The Bertz CT molecular complexity index is 11.6. The summed E-state index contributed by atoms with van der Waals surface area (Å²) in [5.74, 6) is 0. The molecule has 8 radical (unpaired) electrons. The van der Waals surface area contributed by atoms with Gasteiger partial charge in [0.2, 0.25) is 0 Å². The molecule has 0 aromatic rings. The van der Waals surface area contributed by atoms with Gasteiger partial charge in [-0.3, -0.25) is 0 Å². The third kappa shape index (κ3) is 21.6. The molecule has 5 heavy (non-hydrogen) atoms. The van der Waals surface area contributed by atoms with Gasteiger partial charge in [0.15, 0.2) is 0 Å². The molecule has 0 heterocycles. The van der Waals surface area contributed by atoms with Crippen molar-refractivity contribution in [3.63, 3.8) is 0 Å². The largest absolute Gasteiger partial charge is 0.197 e. The fourth-order valence-corrected chi connectivity index (χ4v) is 0. The van der Waals surface area contributed by atoms with Crippen molar-refractivity contribution in [2.45, 2.75) is 0 Å². The van der Waals surface area contributed by atoms with Gasteiger partial charge >= 0.3 is 0 Å². The Hall–Kier alpha value is 2.39. The van der Waals surface area contributed by atoms with E-state index in [1.807, 2.05) is 0 Å². The fourth-order valence-electron chi connectivity index (χ4n) is 0. The van der Waals surface area contributed by atoms with Crippen LogP contribution in [0.15, 0.2) is 0 Å². The van der Waals surface area contributed by atoms with Gasteiger partial charge in [0.05, 0.1) is 0 Å². The van der Waals surface area contributed by atoms with Crippen LogP contribution in [0, 0.1) is 0 Å². The van der Waals surface area contributed by atoms with Gasteiger partial charge in [-0.15, -0.1) is 0 Å². The summed E-state index contributed by atoms with van der Waals surface area (Å²) in [5.41, 5.74) is 0. The van der Waals surface area contributed by atoms with Crippen LogP contribution in [0.5, 0.6) is 0 Å². The molecule has 0 aliphatic carbocycles. The minimum atomic E-state index is 0. The van der Waals surface area contributed by atoms with Gasteiger partial charge in [-0.2, -0.15) is 23.4 Å². The Morgan fingerprint density at radius 3 is 1.00 bits per heavy atom. The molecule has 0 fully saturated rings. The summed E-state index contributed by atoms with van der Waals surface area (Å²) >= 11 is 0. The van der Waals surface area contributed by atoms with E-state index in [1.54, 1.807) is 0 Å². The second-order valence-corrected chi connectivity index (χ2v) is 0. The predicted molar refractivity (Wildman–Crippen MR) is 33.0 cm³/mol. The molecular weight excluding hydrogens is 269 g/mol. The zero-order valence-corrected chi connectivity index (χ0v) is 10.2. The predicted octanol–water partition coefficient (Wildman–Crippen LogP) is -0.593. The second kappa shape index (κ2) is 32.5. The van der Waals surface area contributed by atoms with Gasteiger partial charge in [0.1, 0.15) is 0 Å². The molecule has 0 aliphatic rings. The second-order valence-electron chi connectivity index (χ2n) is 0. The van der Waals surface area contributed by atoms with Crippen molar-refractivity contribution in [1.29, 1.82) is 0 Å². The summed E-state index contributed by atoms with van der Waals surface area (Å²) in [6.07, 6.45) is 0. The van der Waals surface area contributed by atoms with E-state index in [2.05, 4.69) is 0 Å². The zero-order valence-electron chi connectivity index (χ0n) is 2.59. The summed E-state index contributed by atoms with van der Waals surface area (Å²) in [6, 6.07) is 0. The van der Waals surface area contributed by atoms with Crippen LogP contribution >= 0.6 is 23.4 Å². The molecule has 0 saturated carbocycles. The van der Waals surface area contributed by atoms with Crippen molar-refractivity contribution in [2.24, 2.45) is 0 Å². The SMILES string of the molecule is P.S.[Cu].[In].[Si]. The minimum absolute atomic E-state index is 0. The molecule has 0 spiro atoms. The van der Waals surface area contributed by atoms with Gasteiger partial charge in [-0.25, -0.2) is 0 Å². The quantitative estimate of drug-likeness (QED) is 0.409. The molecule has 5 heteroatoms. The van der Waals surface area contributed by atoms with Crippen molar-refractivity contribution in [1.82, 2.24) is 0 Å². The summed E-state index contributed by atoms with van der Waals surface area (Å²) in [6.45, 7) is 0. The van der Waals surface area contributed by atoms with Crippen LogP contribution in [0.4, 0.5) is 0 Å². The molecule has 0 nitrogen and oxygen atoms in total. The molecule has 0 saturated heterocycles. The first kappa shape index (κ1) is 52.9. The van der Waals surface area contributed by atoms with Crippen LogP contribution in [0.3, 0.4) is 0 Å². The monoisotopic (exact) mass is 274 g/mol. The standard InChI is InChI=1S/Cu.In.H3P.H2S.Si/h;;1H3;1H2;. The Balaban J connectivity index is 0. The number of hydrogen-bond donors (Lipinski definition) is 0. The summed E-state index contributed by atoms with van der Waals surface area (Å²) in [7, 11) is 0. The van der Waals surface area contributed by atoms with Gasteiger partial charge < -0.3 is 0 Å². The summed E-state index contributed by atoms with van der Waals surface area (Å²) in [5, 5.41) is 0. The van der Waals surface area contributed by atoms with Gasteiger partial charge in [-0.1, -0.05) is 0 Å². The molecule has 0 aliphatic heterocycles. The van der Waals surface area contributed by atoms with Crippen LogP contribution in [0.2, 0.25) is 0 Å². The third-order valence-corrected chi connectivity index (χ3v) is 0. The van der Waals surface area contributed by atoms with E-state index in [0.29, 0.717) is 0 Å². The maximum atomic E-state index is 0. The van der Waals surface area contributed by atoms with Crippen molar-refractivity contribution in [2.75, 3.05) is 0 Å². The van der Waals surface area contributed by atoms with E-state index in [0.717, 1.165) is 0 Å². The van der Waals surface area contributed by atoms with Crippen LogP contribution in [-0.2, 0) is 17.1 Å². The summed E-state index contributed by atoms with van der Waals surface area (Å²) < 4.78 is 0. The molecule has 1 atom stereocenters. The Morgan fingerprint density at radius 1 is 1.00 bits per heavy atom. The Kier molecular flexibility index (Phi) is 344. The zero-order chi connectivity index (χ0) is 0. The average Bonchev–Trinajstić information content (AvgIpc) is 0. The maximum absolute atomic E-state index is 0. The smallest absolute Gasteiger partial charge is 0 e. The molecule has 0 bridgehead atoms. The van der Waals surface area contributed by atoms with E-state index in [1.165, 1.54) is 0 Å². The molecule has 0 rings (SSSR count). The first-order chi connectivity index (χ1) is 0. The van der Waals surface area contributed by atoms with Crippen LogP contribution in [0.1, 0.15) is 0 Å². The molecule has 0 amide bonds. The van der Waals surface area contributed by atoms with E-state index < -0.39 is 0 Å². The minimum Gasteiger partial charge on any atom is -0.197 e. The van der Waals surface area contributed by atoms with Crippen molar-refractivity contribution in [3.8, 4) is 0 Å². The molecule has 34 valence electrons. The molecular formula is H5CuInPSSi. The average molecular weight is 275 g/mol. The maximum Gasteiger partial charge on any atom is 0 e. The molecule has 0 aromatic carbocycles. The first-order valence-electron chi connectivity index (χ1n) is 0. The number of rotatable bonds is 0. The van der Waals surface area contributed by atoms with Crippen molar-refractivity contribution >= 4 is 60.2 Å². The van der Waals surface area contributed by atoms with Crippen LogP contribution in [-0.4, -0.2) is 36.8 Å². The van der Waals surface area contributed by atoms with E-state index >= 15 is 0 Å². The third-order valence-electron chi connectivity index (χ3n) is 0. The van der Waals surface area contributed by atoms with Gasteiger partial charge in [0, 0.05) is 53.9 Å². The molecule has 0 aromatic heterocycles. The van der Waals surface area contributed by atoms with Gasteiger partial charge in [0.25, 0.3) is 0 Å². The van der Waals surface area contributed by atoms with E-state index in [4.69, 9.17) is 0 Å².